The van der Waals surface area contributed by atoms with Crippen molar-refractivity contribution in [3.63, 3.8) is 0 Å². The SMILES string of the molecule is CCCc1c(OCCOc2ccc3c(=O)c(-c4ccccc4)coc3c2)ccc2c(=O)cc(C(=O)O)oc12. The van der Waals surface area contributed by atoms with Crippen LogP contribution in [0.15, 0.2) is 91.4 Å². The zero-order valence-corrected chi connectivity index (χ0v) is 20.6. The van der Waals surface area contributed by atoms with E-state index in [9.17, 15) is 19.5 Å². The van der Waals surface area contributed by atoms with Crippen LogP contribution in [0, 0.1) is 0 Å². The van der Waals surface area contributed by atoms with E-state index in [4.69, 9.17) is 18.3 Å². The summed E-state index contributed by atoms with van der Waals surface area (Å²) in [6.07, 6.45) is 2.73. The number of benzene rings is 3. The Balaban J connectivity index is 1.31. The largest absolute Gasteiger partial charge is 0.490 e. The summed E-state index contributed by atoms with van der Waals surface area (Å²) in [6, 6.07) is 18.6. The molecule has 5 rings (SSSR count). The summed E-state index contributed by atoms with van der Waals surface area (Å²) in [5.41, 5.74) is 2.00. The molecule has 0 aliphatic carbocycles. The predicted octanol–water partition coefficient (Wildman–Crippen LogP) is 5.67. The van der Waals surface area contributed by atoms with E-state index >= 15 is 0 Å². The highest BCUT2D eigenvalue weighted by atomic mass is 16.5. The van der Waals surface area contributed by atoms with E-state index in [1.807, 2.05) is 37.3 Å². The lowest BCUT2D eigenvalue weighted by Gasteiger charge is -2.14. The zero-order chi connectivity index (χ0) is 26.6. The third kappa shape index (κ3) is 4.88. The predicted molar refractivity (Wildman–Crippen MR) is 142 cm³/mol. The first-order valence-electron chi connectivity index (χ1n) is 12.2. The molecule has 0 bridgehead atoms. The van der Waals surface area contributed by atoms with Crippen molar-refractivity contribution in [2.45, 2.75) is 19.8 Å². The Hall–Kier alpha value is -4.85. The average Bonchev–Trinajstić information content (AvgIpc) is 2.92. The number of ether oxygens (including phenoxy) is 2. The number of carboxylic acids is 1. The van der Waals surface area contributed by atoms with Gasteiger partial charge in [0, 0.05) is 17.7 Å². The molecule has 0 saturated carbocycles. The van der Waals surface area contributed by atoms with Gasteiger partial charge in [-0.3, -0.25) is 9.59 Å². The van der Waals surface area contributed by atoms with Crippen LogP contribution in [0.3, 0.4) is 0 Å². The van der Waals surface area contributed by atoms with E-state index in [2.05, 4.69) is 0 Å². The van der Waals surface area contributed by atoms with Gasteiger partial charge in [0.05, 0.1) is 16.3 Å². The monoisotopic (exact) mass is 512 g/mol. The molecule has 192 valence electrons. The Morgan fingerprint density at radius 2 is 1.68 bits per heavy atom. The van der Waals surface area contributed by atoms with Gasteiger partial charge in [0.2, 0.25) is 5.76 Å². The number of carbonyl (C=O) groups is 1. The maximum Gasteiger partial charge on any atom is 0.371 e. The van der Waals surface area contributed by atoms with Crippen LogP contribution < -0.4 is 20.3 Å². The van der Waals surface area contributed by atoms with Gasteiger partial charge in [-0.05, 0) is 36.2 Å². The second kappa shape index (κ2) is 10.6. The van der Waals surface area contributed by atoms with Crippen LogP contribution in [0.25, 0.3) is 33.1 Å². The van der Waals surface area contributed by atoms with Crippen LogP contribution in [0.4, 0.5) is 0 Å². The maximum atomic E-state index is 12.9. The number of hydrogen-bond acceptors (Lipinski definition) is 7. The van der Waals surface area contributed by atoms with Gasteiger partial charge in [-0.1, -0.05) is 43.7 Å². The molecule has 0 aliphatic rings. The summed E-state index contributed by atoms with van der Waals surface area (Å²) in [5.74, 6) is -0.722. The molecule has 0 fully saturated rings. The van der Waals surface area contributed by atoms with Crippen molar-refractivity contribution in [3.8, 4) is 22.6 Å². The fourth-order valence-corrected chi connectivity index (χ4v) is 4.31. The van der Waals surface area contributed by atoms with Crippen molar-refractivity contribution < 1.29 is 28.2 Å². The summed E-state index contributed by atoms with van der Waals surface area (Å²) in [4.78, 5) is 36.7. The second-order valence-electron chi connectivity index (χ2n) is 8.65. The molecule has 0 atom stereocenters. The van der Waals surface area contributed by atoms with Crippen LogP contribution >= 0.6 is 0 Å². The van der Waals surface area contributed by atoms with Gasteiger partial charge in [0.25, 0.3) is 0 Å². The number of rotatable bonds is 9. The lowest BCUT2D eigenvalue weighted by molar-refractivity contribution is 0.0663. The summed E-state index contributed by atoms with van der Waals surface area (Å²) in [7, 11) is 0. The molecule has 5 aromatic rings. The Labute approximate surface area is 216 Å². The highest BCUT2D eigenvalue weighted by molar-refractivity contribution is 5.89. The number of aryl methyl sites for hydroxylation is 1. The smallest absolute Gasteiger partial charge is 0.371 e. The molecule has 0 spiro atoms. The highest BCUT2D eigenvalue weighted by Gasteiger charge is 2.17. The van der Waals surface area contributed by atoms with E-state index in [1.54, 1.807) is 30.3 Å². The number of aromatic carboxylic acids is 1. The Morgan fingerprint density at radius 1 is 0.921 bits per heavy atom. The fraction of sp³-hybridized carbons (Fsp3) is 0.167. The van der Waals surface area contributed by atoms with Gasteiger partial charge in [-0.15, -0.1) is 0 Å². The van der Waals surface area contributed by atoms with Crippen molar-refractivity contribution in [1.82, 2.24) is 0 Å². The molecular formula is C30H24O8. The van der Waals surface area contributed by atoms with Crippen LogP contribution in [0.1, 0.15) is 29.5 Å². The molecule has 38 heavy (non-hydrogen) atoms. The third-order valence-electron chi connectivity index (χ3n) is 6.11. The normalized spacial score (nSPS) is 11.1. The Morgan fingerprint density at radius 3 is 2.45 bits per heavy atom. The van der Waals surface area contributed by atoms with Crippen molar-refractivity contribution in [1.29, 1.82) is 0 Å². The molecule has 0 saturated heterocycles. The number of carboxylic acid groups (broad SMARTS) is 1. The van der Waals surface area contributed by atoms with Gasteiger partial charge < -0.3 is 23.4 Å². The molecular weight excluding hydrogens is 488 g/mol. The summed E-state index contributed by atoms with van der Waals surface area (Å²) in [6.45, 7) is 2.34. The molecule has 8 heteroatoms. The molecule has 0 unspecified atom stereocenters. The van der Waals surface area contributed by atoms with Gasteiger partial charge in [-0.2, -0.15) is 0 Å². The Kier molecular flexibility index (Phi) is 6.95. The van der Waals surface area contributed by atoms with E-state index in [0.29, 0.717) is 45.4 Å². The van der Waals surface area contributed by atoms with E-state index < -0.39 is 17.2 Å². The van der Waals surface area contributed by atoms with Gasteiger partial charge >= 0.3 is 5.97 Å². The zero-order valence-electron chi connectivity index (χ0n) is 20.6. The molecule has 0 amide bonds. The van der Waals surface area contributed by atoms with Crippen molar-refractivity contribution in [2.24, 2.45) is 0 Å². The summed E-state index contributed by atoms with van der Waals surface area (Å²) >= 11 is 0. The number of hydrogen-bond donors (Lipinski definition) is 1. The van der Waals surface area contributed by atoms with Crippen molar-refractivity contribution in [3.05, 3.63) is 105 Å². The van der Waals surface area contributed by atoms with Crippen molar-refractivity contribution >= 4 is 27.9 Å². The van der Waals surface area contributed by atoms with Gasteiger partial charge in [0.15, 0.2) is 10.9 Å². The third-order valence-corrected chi connectivity index (χ3v) is 6.11. The minimum atomic E-state index is -1.31. The lowest BCUT2D eigenvalue weighted by atomic mass is 10.0. The fourth-order valence-electron chi connectivity index (χ4n) is 4.31. The molecule has 0 aliphatic heterocycles. The summed E-state index contributed by atoms with van der Waals surface area (Å²) in [5, 5.41) is 10.0. The van der Waals surface area contributed by atoms with E-state index in [0.717, 1.165) is 18.1 Å². The summed E-state index contributed by atoms with van der Waals surface area (Å²) < 4.78 is 23.0. The second-order valence-corrected chi connectivity index (χ2v) is 8.65. The van der Waals surface area contributed by atoms with Crippen LogP contribution in [-0.2, 0) is 6.42 Å². The quantitative estimate of drug-likeness (QED) is 0.251. The van der Waals surface area contributed by atoms with Gasteiger partial charge in [-0.25, -0.2) is 4.79 Å². The number of fused-ring (bicyclic) bond motifs is 2. The first-order chi connectivity index (χ1) is 18.5. The molecule has 1 N–H and O–H groups in total. The molecule has 0 radical (unpaired) electrons. The van der Waals surface area contributed by atoms with Crippen molar-refractivity contribution in [2.75, 3.05) is 13.2 Å². The van der Waals surface area contributed by atoms with Crippen LogP contribution in [0.2, 0.25) is 0 Å². The average molecular weight is 513 g/mol. The first-order valence-corrected chi connectivity index (χ1v) is 12.2. The lowest BCUT2D eigenvalue weighted by Crippen LogP contribution is -2.12. The van der Waals surface area contributed by atoms with Crippen LogP contribution in [0.5, 0.6) is 11.5 Å². The maximum absolute atomic E-state index is 12.9. The molecule has 2 heterocycles. The van der Waals surface area contributed by atoms with E-state index in [1.165, 1.54) is 6.26 Å². The molecule has 3 aromatic carbocycles. The van der Waals surface area contributed by atoms with Gasteiger partial charge in [0.1, 0.15) is 42.1 Å². The highest BCUT2D eigenvalue weighted by Crippen LogP contribution is 2.29. The first kappa shape index (κ1) is 24.8. The standard InChI is InChI=1S/C30H24O8/c1-2-6-22-25(12-11-20-24(31)16-27(30(33)34)38-29(20)22)36-14-13-35-19-9-10-21-26(15-19)37-17-23(28(21)32)18-7-4-3-5-8-18/h3-5,7-12,15-17H,2,6,13-14H2,1H3,(H,33,34). The van der Waals surface area contributed by atoms with Crippen LogP contribution in [-0.4, -0.2) is 24.3 Å². The molecule has 2 aromatic heterocycles. The topological polar surface area (TPSA) is 116 Å². The van der Waals surface area contributed by atoms with E-state index in [-0.39, 0.29) is 24.2 Å². The minimum absolute atomic E-state index is 0.121. The molecule has 8 nitrogen and oxygen atoms in total. The minimum Gasteiger partial charge on any atom is -0.490 e. The Bertz CT molecular complexity index is 1750.